The van der Waals surface area contributed by atoms with E-state index in [0.29, 0.717) is 11.3 Å². The van der Waals surface area contributed by atoms with Crippen LogP contribution in [0.1, 0.15) is 21.5 Å². The van der Waals surface area contributed by atoms with Crippen LogP contribution in [0.5, 0.6) is 0 Å². The van der Waals surface area contributed by atoms with Crippen molar-refractivity contribution in [2.24, 2.45) is 11.8 Å². The number of carbonyl (C=O) groups excluding carboxylic acids is 3. The minimum absolute atomic E-state index is 0.134. The number of fused-ring (bicyclic) bond motifs is 5. The van der Waals surface area contributed by atoms with Crippen LogP contribution in [0.2, 0.25) is 0 Å². The van der Waals surface area contributed by atoms with E-state index in [1.807, 2.05) is 78.6 Å². The first kappa shape index (κ1) is 19.7. The zero-order valence-electron chi connectivity index (χ0n) is 18.1. The number of hydrogen-bond acceptors (Lipinski definition) is 4. The van der Waals surface area contributed by atoms with Crippen molar-refractivity contribution in [2.75, 3.05) is 9.80 Å². The van der Waals surface area contributed by atoms with Crippen LogP contribution in [0.4, 0.5) is 11.4 Å². The molecule has 2 fully saturated rings. The molecule has 2 saturated heterocycles. The van der Waals surface area contributed by atoms with Crippen molar-refractivity contribution >= 4 is 35.0 Å². The third-order valence-electron chi connectivity index (χ3n) is 7.03. The first-order valence-electron chi connectivity index (χ1n) is 11.2. The van der Waals surface area contributed by atoms with E-state index < -0.39 is 17.9 Å². The van der Waals surface area contributed by atoms with Crippen LogP contribution in [0, 0.1) is 18.8 Å². The number of hydrogen-bond donors (Lipinski definition) is 0. The highest BCUT2D eigenvalue weighted by atomic mass is 16.2. The largest absolute Gasteiger partial charge is 0.352 e. The van der Waals surface area contributed by atoms with Crippen molar-refractivity contribution in [1.82, 2.24) is 0 Å². The molecule has 2 amide bonds. The molecule has 0 N–H and O–H groups in total. The molecule has 6 rings (SSSR count). The quantitative estimate of drug-likeness (QED) is 0.456. The summed E-state index contributed by atoms with van der Waals surface area (Å²) in [6, 6.07) is 23.1. The van der Waals surface area contributed by atoms with Crippen molar-refractivity contribution in [3.63, 3.8) is 0 Å². The van der Waals surface area contributed by atoms with Gasteiger partial charge in [0.1, 0.15) is 6.04 Å². The highest BCUT2D eigenvalue weighted by molar-refractivity contribution is 6.25. The monoisotopic (exact) mass is 434 g/mol. The number of aryl methyl sites for hydroxylation is 1. The maximum absolute atomic E-state index is 13.8. The second-order valence-corrected chi connectivity index (χ2v) is 8.89. The number of rotatable bonds is 3. The Balaban J connectivity index is 1.50. The molecule has 0 saturated carbocycles. The molecule has 0 bridgehead atoms. The fourth-order valence-electron chi connectivity index (χ4n) is 5.54. The summed E-state index contributed by atoms with van der Waals surface area (Å²) in [5, 5.41) is 0. The Morgan fingerprint density at radius 3 is 2.21 bits per heavy atom. The average Bonchev–Trinajstić information content (AvgIpc) is 3.33. The molecule has 162 valence electrons. The van der Waals surface area contributed by atoms with Gasteiger partial charge in [-0.05, 0) is 30.7 Å². The first-order chi connectivity index (χ1) is 16.1. The van der Waals surface area contributed by atoms with Crippen LogP contribution in [-0.2, 0) is 9.59 Å². The molecule has 3 heterocycles. The standard InChI is InChI=1S/C28H22N2O3/c1-17-11-14-20(15-12-17)29-27(32)23-22-16-13-18-7-5-6-10-21(18)30(22)25(24(23)28(29)33)26(31)19-8-3-2-4-9-19/h2-16,22-25H,1H3/t22-,23-,24-,25+/m0/s1. The van der Waals surface area contributed by atoms with Gasteiger partial charge >= 0.3 is 0 Å². The fraction of sp³-hybridized carbons (Fsp3) is 0.179. The zero-order valence-corrected chi connectivity index (χ0v) is 18.1. The van der Waals surface area contributed by atoms with E-state index in [1.165, 1.54) is 4.90 Å². The van der Waals surface area contributed by atoms with Crippen molar-refractivity contribution in [2.45, 2.75) is 19.0 Å². The molecule has 3 aromatic rings. The van der Waals surface area contributed by atoms with Crippen LogP contribution in [0.3, 0.4) is 0 Å². The Bertz CT molecular complexity index is 1310. The van der Waals surface area contributed by atoms with Gasteiger partial charge in [-0.3, -0.25) is 14.4 Å². The SMILES string of the molecule is Cc1ccc(N2C(=O)[C@@H]3[C@H](C2=O)[C@H](C(=O)c2ccccc2)N2c4ccccc4C=C[C@@H]32)cc1. The zero-order chi connectivity index (χ0) is 22.7. The molecule has 5 heteroatoms. The van der Waals surface area contributed by atoms with Crippen molar-refractivity contribution in [1.29, 1.82) is 0 Å². The van der Waals surface area contributed by atoms with E-state index in [9.17, 15) is 14.4 Å². The summed E-state index contributed by atoms with van der Waals surface area (Å²) in [5.74, 6) is -2.03. The van der Waals surface area contributed by atoms with Gasteiger partial charge in [0.2, 0.25) is 11.8 Å². The Hall–Kier alpha value is -3.99. The molecule has 3 aliphatic rings. The smallest absolute Gasteiger partial charge is 0.240 e. The third-order valence-corrected chi connectivity index (χ3v) is 7.03. The molecule has 4 atom stereocenters. The first-order valence-corrected chi connectivity index (χ1v) is 11.2. The third kappa shape index (κ3) is 2.82. The van der Waals surface area contributed by atoms with Crippen LogP contribution in [-0.4, -0.2) is 29.7 Å². The molecular formula is C28H22N2O3. The fourth-order valence-corrected chi connectivity index (χ4v) is 5.54. The highest BCUT2D eigenvalue weighted by Crippen LogP contribution is 2.49. The van der Waals surface area contributed by atoms with Gasteiger partial charge in [-0.2, -0.15) is 0 Å². The number of ketones is 1. The van der Waals surface area contributed by atoms with Gasteiger partial charge < -0.3 is 4.90 Å². The summed E-state index contributed by atoms with van der Waals surface area (Å²) in [7, 11) is 0. The van der Waals surface area contributed by atoms with Crippen LogP contribution in [0.15, 0.2) is 84.9 Å². The van der Waals surface area contributed by atoms with Gasteiger partial charge in [0.05, 0.1) is 23.6 Å². The number of Topliss-reactive ketones (excluding diaryl/α,β-unsaturated/α-hetero) is 1. The Labute approximate surface area is 191 Å². The number of imide groups is 1. The number of amides is 2. The summed E-state index contributed by atoms with van der Waals surface area (Å²) >= 11 is 0. The predicted octanol–water partition coefficient (Wildman–Crippen LogP) is 4.27. The molecule has 0 radical (unpaired) electrons. The number of nitrogens with zero attached hydrogens (tertiary/aromatic N) is 2. The van der Waals surface area contributed by atoms with Crippen LogP contribution < -0.4 is 9.80 Å². The van der Waals surface area contributed by atoms with Crippen molar-refractivity contribution < 1.29 is 14.4 Å². The van der Waals surface area contributed by atoms with E-state index in [0.717, 1.165) is 16.8 Å². The van der Waals surface area contributed by atoms with Gasteiger partial charge in [0, 0.05) is 11.3 Å². The molecule has 0 spiro atoms. The maximum atomic E-state index is 13.8. The summed E-state index contributed by atoms with van der Waals surface area (Å²) in [6.45, 7) is 1.96. The highest BCUT2D eigenvalue weighted by Gasteiger charge is 2.64. The van der Waals surface area contributed by atoms with Gasteiger partial charge in [-0.15, -0.1) is 0 Å². The summed E-state index contributed by atoms with van der Waals surface area (Å²) < 4.78 is 0. The second-order valence-electron chi connectivity index (χ2n) is 8.89. The van der Waals surface area contributed by atoms with E-state index in [4.69, 9.17) is 0 Å². The molecular weight excluding hydrogens is 412 g/mol. The number of para-hydroxylation sites is 1. The molecule has 3 aromatic carbocycles. The maximum Gasteiger partial charge on any atom is 0.240 e. The lowest BCUT2D eigenvalue weighted by atomic mass is 9.86. The summed E-state index contributed by atoms with van der Waals surface area (Å²) in [4.78, 5) is 44.6. The minimum atomic E-state index is -0.750. The number of anilines is 2. The average molecular weight is 434 g/mol. The van der Waals surface area contributed by atoms with E-state index >= 15 is 0 Å². The topological polar surface area (TPSA) is 57.7 Å². The van der Waals surface area contributed by atoms with Gasteiger partial charge in [0.15, 0.2) is 5.78 Å². The predicted molar refractivity (Wildman–Crippen MR) is 127 cm³/mol. The molecule has 3 aliphatic heterocycles. The lowest BCUT2D eigenvalue weighted by Crippen LogP contribution is -2.48. The summed E-state index contributed by atoms with van der Waals surface area (Å²) in [6.07, 6.45) is 3.97. The van der Waals surface area contributed by atoms with Gasteiger partial charge in [0.25, 0.3) is 0 Å². The molecule has 33 heavy (non-hydrogen) atoms. The summed E-state index contributed by atoms with van der Waals surface area (Å²) in [5.41, 5.74) is 4.02. The normalized spacial score (nSPS) is 25.1. The van der Waals surface area contributed by atoms with Crippen LogP contribution >= 0.6 is 0 Å². The van der Waals surface area contributed by atoms with E-state index in [1.54, 1.807) is 24.3 Å². The Kier molecular flexibility index (Phi) is 4.34. The van der Waals surface area contributed by atoms with E-state index in [2.05, 4.69) is 0 Å². The lowest BCUT2D eigenvalue weighted by Gasteiger charge is -2.36. The Morgan fingerprint density at radius 1 is 0.788 bits per heavy atom. The minimum Gasteiger partial charge on any atom is -0.352 e. The Morgan fingerprint density at radius 2 is 1.45 bits per heavy atom. The molecule has 5 nitrogen and oxygen atoms in total. The number of carbonyl (C=O) groups is 3. The van der Waals surface area contributed by atoms with E-state index in [-0.39, 0.29) is 23.6 Å². The van der Waals surface area contributed by atoms with Crippen molar-refractivity contribution in [3.05, 3.63) is 102 Å². The van der Waals surface area contributed by atoms with Gasteiger partial charge in [-0.25, -0.2) is 4.90 Å². The lowest BCUT2D eigenvalue weighted by molar-refractivity contribution is -0.122. The van der Waals surface area contributed by atoms with Crippen LogP contribution in [0.25, 0.3) is 6.08 Å². The molecule has 0 aromatic heterocycles. The molecule has 0 aliphatic carbocycles. The van der Waals surface area contributed by atoms with Gasteiger partial charge in [-0.1, -0.05) is 78.4 Å². The molecule has 0 unspecified atom stereocenters. The number of benzene rings is 3. The van der Waals surface area contributed by atoms with Crippen molar-refractivity contribution in [3.8, 4) is 0 Å². The second kappa shape index (κ2) is 7.27.